The number of rotatable bonds is 10. The van der Waals surface area contributed by atoms with Crippen molar-refractivity contribution < 1.29 is 27.4 Å². The molecule has 3 aromatic carbocycles. The Labute approximate surface area is 215 Å². The van der Waals surface area contributed by atoms with Gasteiger partial charge in [-0.25, -0.2) is 8.42 Å². The van der Waals surface area contributed by atoms with Crippen LogP contribution in [0, 0.1) is 0 Å². The number of halogens is 1. The van der Waals surface area contributed by atoms with Crippen molar-refractivity contribution >= 4 is 27.5 Å². The van der Waals surface area contributed by atoms with Gasteiger partial charge >= 0.3 is 0 Å². The third kappa shape index (κ3) is 6.76. The summed E-state index contributed by atoms with van der Waals surface area (Å²) < 4.78 is 43.4. The molecule has 8 nitrogen and oxygen atoms in total. The fourth-order valence-corrected chi connectivity index (χ4v) is 5.16. The van der Waals surface area contributed by atoms with Crippen molar-refractivity contribution in [3.05, 3.63) is 88.9 Å². The second-order valence-electron chi connectivity index (χ2n) is 8.00. The molecule has 1 aliphatic heterocycles. The average Bonchev–Trinajstić information content (AvgIpc) is 2.91. The number of amides is 1. The molecule has 1 N–H and O–H groups in total. The molecular formula is C26H27ClN2O6S. The maximum absolute atomic E-state index is 12.7. The van der Waals surface area contributed by atoms with E-state index in [1.54, 1.807) is 36.4 Å². The minimum atomic E-state index is -3.54. The molecule has 1 saturated heterocycles. The zero-order valence-corrected chi connectivity index (χ0v) is 21.1. The van der Waals surface area contributed by atoms with Crippen LogP contribution < -0.4 is 14.8 Å². The van der Waals surface area contributed by atoms with E-state index in [2.05, 4.69) is 5.32 Å². The van der Waals surface area contributed by atoms with Crippen molar-refractivity contribution in [1.29, 1.82) is 0 Å². The van der Waals surface area contributed by atoms with E-state index in [1.165, 1.54) is 16.4 Å². The Bertz CT molecular complexity index is 1260. The van der Waals surface area contributed by atoms with E-state index in [9.17, 15) is 13.2 Å². The molecule has 3 aromatic rings. The monoisotopic (exact) mass is 530 g/mol. The third-order valence-electron chi connectivity index (χ3n) is 5.56. The van der Waals surface area contributed by atoms with Crippen LogP contribution in [-0.2, 0) is 21.4 Å². The van der Waals surface area contributed by atoms with Gasteiger partial charge < -0.3 is 19.5 Å². The van der Waals surface area contributed by atoms with Gasteiger partial charge in [-0.1, -0.05) is 29.8 Å². The number of hydrogen-bond donors (Lipinski definition) is 1. The van der Waals surface area contributed by atoms with Gasteiger partial charge in [0.05, 0.1) is 24.7 Å². The van der Waals surface area contributed by atoms with Gasteiger partial charge in [-0.15, -0.1) is 0 Å². The topological polar surface area (TPSA) is 94.2 Å². The summed E-state index contributed by atoms with van der Waals surface area (Å²) in [7, 11) is -3.54. The lowest BCUT2D eigenvalue weighted by Gasteiger charge is -2.26. The van der Waals surface area contributed by atoms with Gasteiger partial charge in [0, 0.05) is 29.2 Å². The fourth-order valence-electron chi connectivity index (χ4n) is 3.56. The number of carbonyl (C=O) groups is 1. The number of nitrogens with one attached hydrogen (secondary N) is 1. The molecule has 36 heavy (non-hydrogen) atoms. The highest BCUT2D eigenvalue weighted by molar-refractivity contribution is 7.89. The zero-order valence-electron chi connectivity index (χ0n) is 19.6. The Morgan fingerprint density at radius 3 is 2.25 bits per heavy atom. The van der Waals surface area contributed by atoms with Gasteiger partial charge in [-0.3, -0.25) is 4.79 Å². The molecule has 0 radical (unpaired) electrons. The van der Waals surface area contributed by atoms with Gasteiger partial charge in [-0.05, 0) is 54.6 Å². The van der Waals surface area contributed by atoms with E-state index in [4.69, 9.17) is 25.8 Å². The fraction of sp³-hybridized carbons (Fsp3) is 0.269. The van der Waals surface area contributed by atoms with E-state index >= 15 is 0 Å². The summed E-state index contributed by atoms with van der Waals surface area (Å²) in [6.45, 7) is 2.35. The number of ether oxygens (including phenoxy) is 3. The van der Waals surface area contributed by atoms with Crippen LogP contribution in [0.15, 0.2) is 77.7 Å². The summed E-state index contributed by atoms with van der Waals surface area (Å²) in [4.78, 5) is 12.6. The van der Waals surface area contributed by atoms with Gasteiger partial charge in [0.2, 0.25) is 10.0 Å². The molecule has 0 atom stereocenters. The lowest BCUT2D eigenvalue weighted by molar-refractivity contribution is 0.0730. The molecule has 10 heteroatoms. The molecule has 0 saturated carbocycles. The number of nitrogens with zero attached hydrogens (tertiary/aromatic N) is 1. The highest BCUT2D eigenvalue weighted by atomic mass is 35.5. The first kappa shape index (κ1) is 26.0. The number of hydrogen-bond acceptors (Lipinski definition) is 6. The van der Waals surface area contributed by atoms with Crippen molar-refractivity contribution in [2.24, 2.45) is 0 Å². The number of benzene rings is 3. The second kappa shape index (κ2) is 12.2. The lowest BCUT2D eigenvalue weighted by Crippen LogP contribution is -2.40. The second-order valence-corrected chi connectivity index (χ2v) is 10.3. The van der Waals surface area contributed by atoms with Crippen LogP contribution >= 0.6 is 11.6 Å². The number of sulfonamides is 1. The first-order valence-corrected chi connectivity index (χ1v) is 13.3. The van der Waals surface area contributed by atoms with Gasteiger partial charge in [0.1, 0.15) is 24.7 Å². The van der Waals surface area contributed by atoms with Crippen molar-refractivity contribution in [2.75, 3.05) is 39.5 Å². The smallest absolute Gasteiger partial charge is 0.251 e. The van der Waals surface area contributed by atoms with Crippen LogP contribution in [0.4, 0.5) is 0 Å². The van der Waals surface area contributed by atoms with Crippen molar-refractivity contribution in [3.8, 4) is 11.5 Å². The Kier molecular flexibility index (Phi) is 8.82. The van der Waals surface area contributed by atoms with Crippen LogP contribution in [0.2, 0.25) is 5.02 Å². The SMILES string of the molecule is O=C(NCCOc1ccc(S(=O)(=O)N2CCOCC2)cc1)c1ccc(OCc2ccccc2Cl)cc1. The highest BCUT2D eigenvalue weighted by Crippen LogP contribution is 2.21. The molecule has 1 heterocycles. The molecule has 4 rings (SSSR count). The van der Waals surface area contributed by atoms with E-state index in [0.29, 0.717) is 55.0 Å². The summed E-state index contributed by atoms with van der Waals surface area (Å²) >= 11 is 6.14. The van der Waals surface area contributed by atoms with Gasteiger partial charge in [0.15, 0.2) is 0 Å². The highest BCUT2D eigenvalue weighted by Gasteiger charge is 2.26. The van der Waals surface area contributed by atoms with Crippen molar-refractivity contribution in [2.45, 2.75) is 11.5 Å². The van der Waals surface area contributed by atoms with Crippen LogP contribution in [-0.4, -0.2) is 58.1 Å². The maximum atomic E-state index is 12.7. The predicted molar refractivity (Wildman–Crippen MR) is 136 cm³/mol. The van der Waals surface area contributed by atoms with E-state index in [1.807, 2.05) is 24.3 Å². The molecule has 0 aliphatic carbocycles. The first-order valence-electron chi connectivity index (χ1n) is 11.5. The minimum absolute atomic E-state index is 0.212. The van der Waals surface area contributed by atoms with Crippen molar-refractivity contribution in [1.82, 2.24) is 9.62 Å². The van der Waals surface area contributed by atoms with Gasteiger partial charge in [-0.2, -0.15) is 4.31 Å². The van der Waals surface area contributed by atoms with Gasteiger partial charge in [0.25, 0.3) is 5.91 Å². The van der Waals surface area contributed by atoms with E-state index < -0.39 is 10.0 Å². The molecule has 1 aliphatic rings. The third-order valence-corrected chi connectivity index (χ3v) is 7.84. The van der Waals surface area contributed by atoms with Crippen molar-refractivity contribution in [3.63, 3.8) is 0 Å². The first-order chi connectivity index (χ1) is 17.4. The quantitative estimate of drug-likeness (QED) is 0.401. The largest absolute Gasteiger partial charge is 0.492 e. The van der Waals surface area contributed by atoms with Crippen LogP contribution in [0.1, 0.15) is 15.9 Å². The molecule has 190 valence electrons. The Balaban J connectivity index is 1.20. The van der Waals surface area contributed by atoms with Crippen LogP contribution in [0.25, 0.3) is 0 Å². The Morgan fingerprint density at radius 2 is 1.56 bits per heavy atom. The molecular weight excluding hydrogens is 504 g/mol. The maximum Gasteiger partial charge on any atom is 0.251 e. The molecule has 0 unspecified atom stereocenters. The van der Waals surface area contributed by atoms with Crippen LogP contribution in [0.3, 0.4) is 0 Å². The summed E-state index contributed by atoms with van der Waals surface area (Å²) in [5.41, 5.74) is 1.38. The molecule has 0 spiro atoms. The summed E-state index contributed by atoms with van der Waals surface area (Å²) in [6.07, 6.45) is 0. The Morgan fingerprint density at radius 1 is 0.917 bits per heavy atom. The van der Waals surface area contributed by atoms with Crippen LogP contribution in [0.5, 0.6) is 11.5 Å². The summed E-state index contributed by atoms with van der Waals surface area (Å²) in [5, 5.41) is 3.44. The summed E-state index contributed by atoms with van der Waals surface area (Å²) in [5.74, 6) is 0.919. The summed E-state index contributed by atoms with van der Waals surface area (Å²) in [6, 6.07) is 20.6. The molecule has 0 bridgehead atoms. The Hall–Kier alpha value is -3.11. The normalized spacial score (nSPS) is 14.2. The molecule has 1 amide bonds. The van der Waals surface area contributed by atoms with E-state index in [-0.39, 0.29) is 24.0 Å². The standard InChI is InChI=1S/C26H27ClN2O6S/c27-25-4-2-1-3-21(25)19-35-23-7-5-20(6-8-23)26(30)28-13-16-34-22-9-11-24(12-10-22)36(31,32)29-14-17-33-18-15-29/h1-12H,13-19H2,(H,28,30). The minimum Gasteiger partial charge on any atom is -0.492 e. The average molecular weight is 531 g/mol. The van der Waals surface area contributed by atoms with E-state index in [0.717, 1.165) is 5.56 Å². The number of carbonyl (C=O) groups excluding carboxylic acids is 1. The lowest BCUT2D eigenvalue weighted by atomic mass is 10.2. The number of morpholine rings is 1. The zero-order chi connectivity index (χ0) is 25.4. The molecule has 1 fully saturated rings. The molecule has 0 aromatic heterocycles. The predicted octanol–water partition coefficient (Wildman–Crippen LogP) is 3.75.